The number of ether oxygens (including phenoxy) is 2. The SMILES string of the molecule is CC(C)(C)OC(=O)N1CCNCC1.CN(C)c1ccc(O)c2c1C[C@@]1(CN3CCNCC3)C[C@H]3[C@H](N(C)C)C(=O)C(C(N)=O)=C(O)[C@@]3(O)C(=O)C1=C2O.Cc1ccc(N(C)C)c2c1C(=O)[C@@]13C[C@]1(C2)C[C@H]1[C@H](N(C)C)c2onc(OCc4ccccc4)c2C(=O)[C@@]1(O[Si](C)(C)C(C)(C)C)C3=O. The number of likely N-dealkylation sites (N-methyl/N-ethyl adjacent to an activating group) is 1. The molecule has 2 aliphatic heterocycles. The average molecular weight is 1410 g/mol. The number of benzene rings is 3. The van der Waals surface area contributed by atoms with Crippen LogP contribution in [0.3, 0.4) is 0 Å². The normalized spacial score (nSPS) is 28.4. The molecule has 8 N–H and O–H groups in total. The van der Waals surface area contributed by atoms with Gasteiger partial charge in [0.1, 0.15) is 46.0 Å². The fourth-order valence-corrected chi connectivity index (χ4v) is 18.8. The van der Waals surface area contributed by atoms with Gasteiger partial charge in [0.05, 0.1) is 17.6 Å². The van der Waals surface area contributed by atoms with Crippen molar-refractivity contribution in [3.63, 3.8) is 0 Å². The summed E-state index contributed by atoms with van der Waals surface area (Å²) >= 11 is 0. The summed E-state index contributed by atoms with van der Waals surface area (Å²) in [5.41, 5.74) is 2.45. The van der Waals surface area contributed by atoms with E-state index >= 15 is 9.59 Å². The number of aryl methyl sites for hydroxylation is 1. The Morgan fingerprint density at radius 1 is 0.733 bits per heavy atom. The van der Waals surface area contributed by atoms with Gasteiger partial charge in [0.25, 0.3) is 11.8 Å². The number of Topliss-reactive ketones (excluding diaryl/α,β-unsaturated/α-hetero) is 5. The maximum atomic E-state index is 15.8. The summed E-state index contributed by atoms with van der Waals surface area (Å²) in [5, 5.41) is 56.3. The van der Waals surface area contributed by atoms with Crippen LogP contribution in [-0.2, 0) is 47.8 Å². The third-order valence-corrected chi connectivity index (χ3v) is 27.5. The number of piperazine rings is 2. The molecule has 2 saturated heterocycles. The van der Waals surface area contributed by atoms with Crippen LogP contribution in [-0.4, -0.2) is 233 Å². The minimum Gasteiger partial charge on any atom is -0.508 e. The maximum absolute atomic E-state index is 15.8. The largest absolute Gasteiger partial charge is 0.508 e. The van der Waals surface area contributed by atoms with Gasteiger partial charge in [0, 0.05) is 127 Å². The Morgan fingerprint density at radius 3 is 1.88 bits per heavy atom. The second kappa shape index (κ2) is 26.5. The molecule has 1 aromatic heterocycles. The quantitative estimate of drug-likeness (QED) is 0.0439. The molecule has 26 heteroatoms. The predicted molar refractivity (Wildman–Crippen MR) is 383 cm³/mol. The van der Waals surface area contributed by atoms with Crippen LogP contribution in [0, 0.1) is 35.0 Å². The van der Waals surface area contributed by atoms with Crippen LogP contribution in [0.15, 0.2) is 76.0 Å². The lowest BCUT2D eigenvalue weighted by Gasteiger charge is -2.56. The number of hydrogen-bond donors (Lipinski definition) is 7. The molecule has 7 aliphatic carbocycles. The first-order valence-electron chi connectivity index (χ1n) is 34.9. The number of hydrogen-bond acceptors (Lipinski definition) is 23. The summed E-state index contributed by atoms with van der Waals surface area (Å²) in [4.78, 5) is 109. The first-order chi connectivity index (χ1) is 47.2. The van der Waals surface area contributed by atoms with E-state index < -0.39 is 100 Å². The van der Waals surface area contributed by atoms with Crippen molar-refractivity contribution < 1.29 is 72.4 Å². The fourth-order valence-electron chi connectivity index (χ4n) is 17.3. The number of ketones is 5. The second-order valence-corrected chi connectivity index (χ2v) is 37.3. The van der Waals surface area contributed by atoms with Gasteiger partial charge >= 0.3 is 6.09 Å². The number of amides is 2. The number of primary amides is 1. The molecule has 546 valence electrons. The van der Waals surface area contributed by atoms with E-state index in [1.165, 1.54) is 11.0 Å². The predicted octanol–water partition coefficient (Wildman–Crippen LogP) is 6.72. The van der Waals surface area contributed by atoms with E-state index in [1.54, 1.807) is 25.1 Å². The Hall–Kier alpha value is -7.82. The molecule has 5 fully saturated rings. The summed E-state index contributed by atoms with van der Waals surface area (Å²) in [5.74, 6) is -7.20. The number of carbonyl (C=O) groups excluding carboxylic acids is 7. The number of aromatic hydroxyl groups is 1. The van der Waals surface area contributed by atoms with Crippen molar-refractivity contribution in [3.8, 4) is 11.6 Å². The first kappa shape index (κ1) is 74.4. The Balaban J connectivity index is 0.000000175. The van der Waals surface area contributed by atoms with Gasteiger partial charge in [-0.2, -0.15) is 0 Å². The lowest BCUT2D eigenvalue weighted by Crippen LogP contribution is -2.70. The van der Waals surface area contributed by atoms with Crippen molar-refractivity contribution in [1.82, 2.24) is 35.4 Å². The molecule has 0 unspecified atom stereocenters. The van der Waals surface area contributed by atoms with E-state index in [9.17, 15) is 44.4 Å². The van der Waals surface area contributed by atoms with Crippen LogP contribution in [0.25, 0.3) is 5.76 Å². The van der Waals surface area contributed by atoms with Crippen LogP contribution in [0.4, 0.5) is 16.2 Å². The highest BCUT2D eigenvalue weighted by Gasteiger charge is 2.87. The number of fused-ring (bicyclic) bond motifs is 6. The smallest absolute Gasteiger partial charge is 0.410 e. The van der Waals surface area contributed by atoms with Crippen LogP contribution >= 0.6 is 0 Å². The minimum absolute atomic E-state index is 0.0330. The van der Waals surface area contributed by atoms with Crippen molar-refractivity contribution in [2.24, 2.45) is 33.8 Å². The number of carbonyl (C=O) groups is 7. The molecule has 0 spiro atoms. The molecule has 25 nitrogen and oxygen atoms in total. The van der Waals surface area contributed by atoms with Crippen LogP contribution < -0.4 is 30.9 Å². The van der Waals surface area contributed by atoms with Crippen LogP contribution in [0.1, 0.15) is 121 Å². The van der Waals surface area contributed by atoms with Crippen molar-refractivity contribution >= 4 is 66.4 Å². The highest BCUT2D eigenvalue weighted by molar-refractivity contribution is 6.74. The molecule has 0 radical (unpaired) electrons. The molecule has 3 heterocycles. The number of aromatic nitrogens is 1. The second-order valence-electron chi connectivity index (χ2n) is 32.5. The third-order valence-electron chi connectivity index (χ3n) is 23.0. The van der Waals surface area contributed by atoms with Crippen LogP contribution in [0.2, 0.25) is 18.1 Å². The number of nitrogens with one attached hydrogen (secondary N) is 2. The van der Waals surface area contributed by atoms with E-state index in [0.29, 0.717) is 55.8 Å². The number of nitrogens with two attached hydrogens (primary N) is 1. The first-order valence-corrected chi connectivity index (χ1v) is 37.9. The van der Waals surface area contributed by atoms with E-state index in [2.05, 4.69) is 60.6 Å². The zero-order chi connectivity index (χ0) is 74.0. The number of phenols is 1. The monoisotopic (exact) mass is 1410 g/mol. The Labute approximate surface area is 592 Å². The highest BCUT2D eigenvalue weighted by Crippen LogP contribution is 2.79. The van der Waals surface area contributed by atoms with Gasteiger partial charge in [-0.25, -0.2) is 4.79 Å². The van der Waals surface area contributed by atoms with Gasteiger partial charge in [-0.3, -0.25) is 43.5 Å². The minimum atomic E-state index is -2.82. The molecular weight excluding hydrogens is 1310 g/mol. The zero-order valence-electron chi connectivity index (χ0n) is 61.6. The summed E-state index contributed by atoms with van der Waals surface area (Å²) in [6, 6.07) is 15.2. The van der Waals surface area contributed by atoms with Crippen molar-refractivity contribution in [3.05, 3.63) is 116 Å². The highest BCUT2D eigenvalue weighted by atomic mass is 28.4. The van der Waals surface area contributed by atoms with E-state index in [-0.39, 0.29) is 76.1 Å². The summed E-state index contributed by atoms with van der Waals surface area (Å²) in [6.07, 6.45) is 1.52. The number of aliphatic hydroxyl groups excluding tert-OH is 2. The number of rotatable bonds is 12. The Morgan fingerprint density at radius 2 is 1.32 bits per heavy atom. The van der Waals surface area contributed by atoms with Gasteiger partial charge in [0.2, 0.25) is 11.6 Å². The fraction of sp³-hybridized carbons (Fsp3) is 0.573. The topological polar surface area (TPSA) is 324 Å². The number of anilines is 2. The molecule has 4 aromatic rings. The molecule has 13 rings (SSSR count). The Kier molecular flexibility index (Phi) is 19.5. The molecule has 3 saturated carbocycles. The zero-order valence-corrected chi connectivity index (χ0v) is 62.6. The van der Waals surface area contributed by atoms with Crippen molar-refractivity contribution in [2.45, 2.75) is 134 Å². The lowest BCUT2D eigenvalue weighted by atomic mass is 9.51. The molecule has 3 aromatic carbocycles. The standard InChI is InChI=1S/C38H47N3O6Si.C28H37N5O7.C9H18N2O2/c1-22-16-17-26(40(5)6)24-18-36-19-25-29(41(7)8)30-28(33(39-46-30)45-20-23-14-12-11-13-15-23)32(43)38(25,47-48(9,10)35(2,3)4)34(44)37(36,21-36)31(42)27(22)24;1-31(2)16-5-6-17(34)18-14(16)11-27(13-33-9-7-30-8-10-33)12-15-21(32(3)4)23(36)19(26(29)39)24(37)28(15,40)25(38)20(27)22(18)35;1-9(2,3)13-8(12)11-6-4-10-5-7-11/h11-17,25,29H,18-21H2,1-10H3;5-6,15,21,30,34-35,37,40H,7-13H2,1-4H3,(H2,29,39);10H,4-7H2,1-3H3/t25-,29-,36-,37+,38+;15-,21-,27-,28+;/m00./s1. The summed E-state index contributed by atoms with van der Waals surface area (Å²) < 4.78 is 24.7. The summed E-state index contributed by atoms with van der Waals surface area (Å²) in [6.45, 7) is 24.5. The van der Waals surface area contributed by atoms with Crippen molar-refractivity contribution in [1.29, 1.82) is 0 Å². The number of aliphatic hydroxyl groups is 3. The van der Waals surface area contributed by atoms with E-state index in [0.717, 1.165) is 67.3 Å². The number of nitrogens with zero attached hydrogens (tertiary/aromatic N) is 7. The molecule has 9 atom stereocenters. The number of phenolic OH excluding ortho intramolecular Hbond substituents is 1. The van der Waals surface area contributed by atoms with Gasteiger partial charge in [0.15, 0.2) is 42.6 Å². The molecular formula is C75H102N10O15Si. The maximum Gasteiger partial charge on any atom is 0.410 e. The Bertz CT molecular complexity index is 4080. The van der Waals surface area contributed by atoms with Gasteiger partial charge in [-0.15, -0.1) is 0 Å². The van der Waals surface area contributed by atoms with Gasteiger partial charge in [-0.1, -0.05) is 57.2 Å². The average Bonchev–Trinajstić information content (AvgIpc) is 1.47. The molecule has 9 aliphatic rings. The van der Waals surface area contributed by atoms with E-state index in [4.69, 9.17) is 24.2 Å². The molecule has 0 bridgehead atoms. The molecule has 101 heavy (non-hydrogen) atoms. The van der Waals surface area contributed by atoms with Crippen LogP contribution in [0.5, 0.6) is 11.6 Å². The van der Waals surface area contributed by atoms with Gasteiger partial charge in [-0.05, 0) is 157 Å². The third kappa shape index (κ3) is 12.2. The lowest BCUT2D eigenvalue weighted by molar-refractivity contribution is -0.158. The molecule has 2 amide bonds. The van der Waals surface area contributed by atoms with Crippen molar-refractivity contribution in [2.75, 3.05) is 125 Å². The summed E-state index contributed by atoms with van der Waals surface area (Å²) in [7, 11) is 11.9. The van der Waals surface area contributed by atoms with E-state index in [1.807, 2.05) is 121 Å². The van der Waals surface area contributed by atoms with Gasteiger partial charge < -0.3 is 69.9 Å².